The van der Waals surface area contributed by atoms with E-state index >= 15 is 0 Å². The van der Waals surface area contributed by atoms with E-state index in [0.29, 0.717) is 28.1 Å². The number of carbonyl (C=O) groups excluding carboxylic acids is 1. The first-order valence-electron chi connectivity index (χ1n) is 11.7. The van der Waals surface area contributed by atoms with Gasteiger partial charge in [0.1, 0.15) is 24.0 Å². The van der Waals surface area contributed by atoms with Crippen molar-refractivity contribution in [1.82, 2.24) is 15.1 Å². The second-order valence-corrected chi connectivity index (χ2v) is 8.83. The number of amides is 1. The fourth-order valence-electron chi connectivity index (χ4n) is 4.36. The van der Waals surface area contributed by atoms with Crippen LogP contribution in [0.5, 0.6) is 5.75 Å². The Labute approximate surface area is 201 Å². The van der Waals surface area contributed by atoms with E-state index in [9.17, 15) is 13.6 Å². The standard InChI is InChI=1S/C27H26F2N4O2/c28-21-12-19(13-22(29)14-21)17-35-23-8-9-25-24(15-23)26(32-31-25)30-27(34)20-6-4-18(5-7-20)16-33-10-2-1-3-11-33/h4-9,12-15H,1-3,10-11,16-17H2,(H2,30,31,32,34). The Hall–Kier alpha value is -3.78. The molecule has 0 aliphatic carbocycles. The molecule has 0 radical (unpaired) electrons. The smallest absolute Gasteiger partial charge is 0.256 e. The third-order valence-corrected chi connectivity index (χ3v) is 6.17. The molecule has 2 N–H and O–H groups in total. The zero-order valence-corrected chi connectivity index (χ0v) is 19.2. The topological polar surface area (TPSA) is 70.2 Å². The number of nitrogens with one attached hydrogen (secondary N) is 2. The molecule has 0 atom stereocenters. The summed E-state index contributed by atoms with van der Waals surface area (Å²) in [5, 5.41) is 10.6. The van der Waals surface area contributed by atoms with Crippen LogP contribution in [0.3, 0.4) is 0 Å². The number of hydrogen-bond acceptors (Lipinski definition) is 4. The summed E-state index contributed by atoms with van der Waals surface area (Å²) >= 11 is 0. The normalized spacial score (nSPS) is 14.2. The van der Waals surface area contributed by atoms with Gasteiger partial charge in [-0.15, -0.1) is 0 Å². The highest BCUT2D eigenvalue weighted by Gasteiger charge is 2.14. The maximum absolute atomic E-state index is 13.4. The Morgan fingerprint density at radius 1 is 0.943 bits per heavy atom. The second-order valence-electron chi connectivity index (χ2n) is 8.83. The third-order valence-electron chi connectivity index (χ3n) is 6.17. The van der Waals surface area contributed by atoms with Crippen LogP contribution >= 0.6 is 0 Å². The van der Waals surface area contributed by atoms with Gasteiger partial charge >= 0.3 is 0 Å². The van der Waals surface area contributed by atoms with E-state index in [4.69, 9.17) is 4.74 Å². The number of H-pyrrole nitrogens is 1. The van der Waals surface area contributed by atoms with Crippen LogP contribution in [0.4, 0.5) is 14.6 Å². The summed E-state index contributed by atoms with van der Waals surface area (Å²) in [7, 11) is 0. The van der Waals surface area contributed by atoms with Gasteiger partial charge in [-0.3, -0.25) is 14.8 Å². The number of aromatic nitrogens is 2. The molecular weight excluding hydrogens is 450 g/mol. The van der Waals surface area contributed by atoms with Crippen LogP contribution in [0.15, 0.2) is 60.7 Å². The number of anilines is 1. The first-order valence-corrected chi connectivity index (χ1v) is 11.7. The van der Waals surface area contributed by atoms with E-state index in [1.54, 1.807) is 18.2 Å². The number of halogens is 2. The molecule has 6 nitrogen and oxygen atoms in total. The molecule has 1 fully saturated rings. The molecule has 4 aromatic rings. The Balaban J connectivity index is 1.25. The number of likely N-dealkylation sites (tertiary alicyclic amines) is 1. The van der Waals surface area contributed by atoms with E-state index in [-0.39, 0.29) is 12.5 Å². The number of fused-ring (bicyclic) bond motifs is 1. The third kappa shape index (κ3) is 5.66. The minimum absolute atomic E-state index is 0.00348. The monoisotopic (exact) mass is 476 g/mol. The number of rotatable bonds is 7. The second kappa shape index (κ2) is 10.2. The van der Waals surface area contributed by atoms with Crippen molar-refractivity contribution in [2.45, 2.75) is 32.4 Å². The summed E-state index contributed by atoms with van der Waals surface area (Å²) in [5.41, 5.74) is 2.84. The minimum Gasteiger partial charge on any atom is -0.489 e. The highest BCUT2D eigenvalue weighted by atomic mass is 19.1. The van der Waals surface area contributed by atoms with Crippen LogP contribution in [0, 0.1) is 11.6 Å². The molecule has 1 amide bonds. The van der Waals surface area contributed by atoms with Gasteiger partial charge in [0.25, 0.3) is 5.91 Å². The Morgan fingerprint density at radius 3 is 2.43 bits per heavy atom. The van der Waals surface area contributed by atoms with Crippen molar-refractivity contribution in [1.29, 1.82) is 0 Å². The fraction of sp³-hybridized carbons (Fsp3) is 0.259. The van der Waals surface area contributed by atoms with Crippen LogP contribution in [-0.2, 0) is 13.2 Å². The Kier molecular flexibility index (Phi) is 6.72. The maximum atomic E-state index is 13.4. The molecule has 1 saturated heterocycles. The highest BCUT2D eigenvalue weighted by Crippen LogP contribution is 2.26. The van der Waals surface area contributed by atoms with Gasteiger partial charge in [-0.1, -0.05) is 18.6 Å². The van der Waals surface area contributed by atoms with Crippen molar-refractivity contribution >= 4 is 22.6 Å². The van der Waals surface area contributed by atoms with Crippen LogP contribution in [-0.4, -0.2) is 34.1 Å². The van der Waals surface area contributed by atoms with E-state index in [1.165, 1.54) is 37.0 Å². The molecule has 0 saturated carbocycles. The summed E-state index contributed by atoms with van der Waals surface area (Å²) in [6.45, 7) is 3.15. The summed E-state index contributed by atoms with van der Waals surface area (Å²) in [6, 6.07) is 16.1. The molecular formula is C27H26F2N4O2. The van der Waals surface area contributed by atoms with Gasteiger partial charge in [-0.25, -0.2) is 8.78 Å². The Morgan fingerprint density at radius 2 is 1.69 bits per heavy atom. The minimum atomic E-state index is -0.654. The molecule has 1 aromatic heterocycles. The first-order chi connectivity index (χ1) is 17.0. The van der Waals surface area contributed by atoms with Gasteiger partial charge < -0.3 is 10.1 Å². The lowest BCUT2D eigenvalue weighted by Crippen LogP contribution is -2.29. The highest BCUT2D eigenvalue weighted by molar-refractivity contribution is 6.08. The fourth-order valence-corrected chi connectivity index (χ4v) is 4.36. The molecule has 35 heavy (non-hydrogen) atoms. The summed E-state index contributed by atoms with van der Waals surface area (Å²) in [6.07, 6.45) is 3.79. The lowest BCUT2D eigenvalue weighted by Gasteiger charge is -2.26. The molecule has 2 heterocycles. The van der Waals surface area contributed by atoms with Gasteiger partial charge in [0.15, 0.2) is 5.82 Å². The lowest BCUT2D eigenvalue weighted by molar-refractivity contribution is 0.102. The number of nitrogens with zero attached hydrogens (tertiary/aromatic N) is 2. The van der Waals surface area contributed by atoms with Crippen molar-refractivity contribution in [2.24, 2.45) is 0 Å². The van der Waals surface area contributed by atoms with Crippen LogP contribution in [0.1, 0.15) is 40.7 Å². The quantitative estimate of drug-likeness (QED) is 0.361. The van der Waals surface area contributed by atoms with Crippen molar-refractivity contribution < 1.29 is 18.3 Å². The van der Waals surface area contributed by atoms with Crippen molar-refractivity contribution in [3.8, 4) is 5.75 Å². The largest absolute Gasteiger partial charge is 0.489 e. The summed E-state index contributed by atoms with van der Waals surface area (Å²) in [4.78, 5) is 15.3. The van der Waals surface area contributed by atoms with Gasteiger partial charge in [-0.2, -0.15) is 5.10 Å². The van der Waals surface area contributed by atoms with Gasteiger partial charge in [0, 0.05) is 23.6 Å². The zero-order valence-electron chi connectivity index (χ0n) is 19.2. The van der Waals surface area contributed by atoms with Crippen LogP contribution in [0.25, 0.3) is 10.9 Å². The van der Waals surface area contributed by atoms with Gasteiger partial charge in [0.2, 0.25) is 0 Å². The number of piperidine rings is 1. The molecule has 3 aromatic carbocycles. The molecule has 0 unspecified atom stereocenters. The molecule has 0 spiro atoms. The molecule has 1 aliphatic rings. The molecule has 8 heteroatoms. The van der Waals surface area contributed by atoms with E-state index in [0.717, 1.165) is 31.2 Å². The predicted molar refractivity (Wildman–Crippen MR) is 130 cm³/mol. The van der Waals surface area contributed by atoms with Crippen molar-refractivity contribution in [3.05, 3.63) is 89.0 Å². The zero-order chi connectivity index (χ0) is 24.2. The number of ether oxygens (including phenoxy) is 1. The van der Waals surface area contributed by atoms with Crippen LogP contribution < -0.4 is 10.1 Å². The summed E-state index contributed by atoms with van der Waals surface area (Å²) in [5.74, 6) is -0.702. The van der Waals surface area contributed by atoms with Gasteiger partial charge in [0.05, 0.1) is 5.52 Å². The van der Waals surface area contributed by atoms with Crippen molar-refractivity contribution in [2.75, 3.05) is 18.4 Å². The average Bonchev–Trinajstić information content (AvgIpc) is 3.25. The number of carbonyl (C=O) groups is 1. The van der Waals surface area contributed by atoms with E-state index in [1.807, 2.05) is 24.3 Å². The van der Waals surface area contributed by atoms with E-state index in [2.05, 4.69) is 20.4 Å². The first kappa shape index (κ1) is 23.0. The van der Waals surface area contributed by atoms with Crippen molar-refractivity contribution in [3.63, 3.8) is 0 Å². The number of aromatic amines is 1. The molecule has 5 rings (SSSR count). The Bertz CT molecular complexity index is 1310. The van der Waals surface area contributed by atoms with Crippen LogP contribution in [0.2, 0.25) is 0 Å². The molecule has 0 bridgehead atoms. The lowest BCUT2D eigenvalue weighted by atomic mass is 10.1. The van der Waals surface area contributed by atoms with E-state index < -0.39 is 11.6 Å². The number of benzene rings is 3. The molecule has 180 valence electrons. The molecule has 1 aliphatic heterocycles. The SMILES string of the molecule is O=C(Nc1n[nH]c2ccc(OCc3cc(F)cc(F)c3)cc12)c1ccc(CN2CCCCC2)cc1. The predicted octanol–water partition coefficient (Wildman–Crippen LogP) is 5.66. The number of hydrogen-bond donors (Lipinski definition) is 2. The summed E-state index contributed by atoms with van der Waals surface area (Å²) < 4.78 is 32.5. The average molecular weight is 477 g/mol. The maximum Gasteiger partial charge on any atom is 0.256 e. The van der Waals surface area contributed by atoms with Gasteiger partial charge in [-0.05, 0) is 79.5 Å².